The zero-order valence-corrected chi connectivity index (χ0v) is 13.7. The minimum absolute atomic E-state index is 0.176. The van der Waals surface area contributed by atoms with Crippen molar-refractivity contribution in [1.82, 2.24) is 4.98 Å². The van der Waals surface area contributed by atoms with E-state index in [-0.39, 0.29) is 18.2 Å². The molecule has 2 aromatic rings. The second-order valence-corrected chi connectivity index (χ2v) is 6.10. The number of ether oxygens (including phenoxy) is 2. The molecular formula is C15H13ClN2O4S. The van der Waals surface area contributed by atoms with Crippen LogP contribution in [0.2, 0.25) is 5.02 Å². The Morgan fingerprint density at radius 2 is 2.35 bits per heavy atom. The number of carbonyl (C=O) groups is 2. The SMILES string of the molecule is CCOC(=O)c1csc(NC(=O)C2Cc3cc(Cl)ccc3O2)n1. The molecule has 1 aliphatic rings. The van der Waals surface area contributed by atoms with Gasteiger partial charge in [-0.2, -0.15) is 0 Å². The predicted molar refractivity (Wildman–Crippen MR) is 86.3 cm³/mol. The first-order chi connectivity index (χ1) is 11.1. The highest BCUT2D eigenvalue weighted by atomic mass is 35.5. The van der Waals surface area contributed by atoms with Crippen molar-refractivity contribution >= 4 is 39.9 Å². The summed E-state index contributed by atoms with van der Waals surface area (Å²) in [6, 6.07) is 5.24. The van der Waals surface area contributed by atoms with E-state index in [2.05, 4.69) is 10.3 Å². The summed E-state index contributed by atoms with van der Waals surface area (Å²) in [4.78, 5) is 27.8. The van der Waals surface area contributed by atoms with Crippen LogP contribution in [0.4, 0.5) is 5.13 Å². The molecule has 6 nitrogen and oxygen atoms in total. The van der Waals surface area contributed by atoms with Crippen molar-refractivity contribution in [2.24, 2.45) is 0 Å². The summed E-state index contributed by atoms with van der Waals surface area (Å²) >= 11 is 7.09. The van der Waals surface area contributed by atoms with Crippen LogP contribution < -0.4 is 10.1 Å². The van der Waals surface area contributed by atoms with Crippen LogP contribution in [0.5, 0.6) is 5.75 Å². The van der Waals surface area contributed by atoms with Crippen molar-refractivity contribution in [3.05, 3.63) is 39.9 Å². The number of aromatic nitrogens is 1. The van der Waals surface area contributed by atoms with Crippen molar-refractivity contribution in [2.75, 3.05) is 11.9 Å². The zero-order valence-electron chi connectivity index (χ0n) is 12.2. The van der Waals surface area contributed by atoms with E-state index in [0.717, 1.165) is 16.9 Å². The van der Waals surface area contributed by atoms with Gasteiger partial charge in [-0.05, 0) is 30.7 Å². The average Bonchev–Trinajstić information content (AvgIpc) is 3.13. The van der Waals surface area contributed by atoms with Gasteiger partial charge in [0.2, 0.25) is 0 Å². The van der Waals surface area contributed by atoms with Crippen molar-refractivity contribution in [3.8, 4) is 5.75 Å². The van der Waals surface area contributed by atoms with E-state index in [4.69, 9.17) is 21.1 Å². The lowest BCUT2D eigenvalue weighted by Crippen LogP contribution is -2.31. The molecule has 1 aromatic carbocycles. The van der Waals surface area contributed by atoms with Crippen molar-refractivity contribution in [3.63, 3.8) is 0 Å². The van der Waals surface area contributed by atoms with Crippen LogP contribution >= 0.6 is 22.9 Å². The lowest BCUT2D eigenvalue weighted by atomic mass is 10.1. The number of thiazole rings is 1. The lowest BCUT2D eigenvalue weighted by molar-refractivity contribution is -0.122. The molecule has 1 aliphatic heterocycles. The van der Waals surface area contributed by atoms with Crippen molar-refractivity contribution < 1.29 is 19.1 Å². The van der Waals surface area contributed by atoms with Gasteiger partial charge < -0.3 is 9.47 Å². The number of anilines is 1. The fourth-order valence-electron chi connectivity index (χ4n) is 2.18. The van der Waals surface area contributed by atoms with Crippen LogP contribution in [0.25, 0.3) is 0 Å². The molecule has 8 heteroatoms. The van der Waals surface area contributed by atoms with Crippen LogP contribution in [-0.4, -0.2) is 29.6 Å². The van der Waals surface area contributed by atoms with Gasteiger partial charge in [-0.3, -0.25) is 10.1 Å². The van der Waals surface area contributed by atoms with Gasteiger partial charge in [0.05, 0.1) is 6.61 Å². The second kappa shape index (κ2) is 6.55. The monoisotopic (exact) mass is 352 g/mol. The molecule has 3 rings (SSSR count). The van der Waals surface area contributed by atoms with E-state index in [0.29, 0.717) is 22.3 Å². The average molecular weight is 353 g/mol. The Kier molecular flexibility index (Phi) is 4.49. The Hall–Kier alpha value is -2.12. The zero-order chi connectivity index (χ0) is 16.4. The number of nitrogens with zero attached hydrogens (tertiary/aromatic N) is 1. The lowest BCUT2D eigenvalue weighted by Gasteiger charge is -2.09. The first-order valence-corrected chi connectivity index (χ1v) is 8.21. The van der Waals surface area contributed by atoms with E-state index >= 15 is 0 Å². The predicted octanol–water partition coefficient (Wildman–Crippen LogP) is 2.92. The second-order valence-electron chi connectivity index (χ2n) is 4.81. The van der Waals surface area contributed by atoms with Crippen LogP contribution in [0.3, 0.4) is 0 Å². The third kappa shape index (κ3) is 3.46. The standard InChI is InChI=1S/C15H13ClN2O4S/c1-2-21-14(20)10-7-23-15(17-10)18-13(19)12-6-8-5-9(16)3-4-11(8)22-12/h3-5,7,12H,2,6H2,1H3,(H,17,18,19). The topological polar surface area (TPSA) is 77.5 Å². The molecule has 23 heavy (non-hydrogen) atoms. The molecule has 0 spiro atoms. The van der Waals surface area contributed by atoms with Crippen LogP contribution in [0.1, 0.15) is 23.0 Å². The molecular weight excluding hydrogens is 340 g/mol. The number of nitrogens with one attached hydrogen (secondary N) is 1. The van der Waals surface area contributed by atoms with Gasteiger partial charge in [0.25, 0.3) is 5.91 Å². The Bertz CT molecular complexity index is 762. The summed E-state index contributed by atoms with van der Waals surface area (Å²) in [7, 11) is 0. The molecule has 1 amide bonds. The first kappa shape index (κ1) is 15.8. The number of amides is 1. The van der Waals surface area contributed by atoms with Crippen molar-refractivity contribution in [1.29, 1.82) is 0 Å². The molecule has 0 radical (unpaired) electrons. The van der Waals surface area contributed by atoms with E-state index < -0.39 is 12.1 Å². The smallest absolute Gasteiger partial charge is 0.357 e. The van der Waals surface area contributed by atoms with Gasteiger partial charge in [0.15, 0.2) is 16.9 Å². The van der Waals surface area contributed by atoms with Gasteiger partial charge in [-0.15, -0.1) is 11.3 Å². The summed E-state index contributed by atoms with van der Waals surface area (Å²) in [6.45, 7) is 1.99. The fourth-order valence-corrected chi connectivity index (χ4v) is 3.06. The number of hydrogen-bond donors (Lipinski definition) is 1. The Morgan fingerprint density at radius 1 is 1.52 bits per heavy atom. The van der Waals surface area contributed by atoms with E-state index in [1.165, 1.54) is 5.38 Å². The number of esters is 1. The Balaban J connectivity index is 1.63. The van der Waals surface area contributed by atoms with Gasteiger partial charge >= 0.3 is 5.97 Å². The summed E-state index contributed by atoms with van der Waals surface area (Å²) in [6.07, 6.45) is -0.198. The van der Waals surface area contributed by atoms with E-state index in [1.807, 2.05) is 0 Å². The third-order valence-corrected chi connectivity index (χ3v) is 4.20. The first-order valence-electron chi connectivity index (χ1n) is 6.95. The number of benzene rings is 1. The van der Waals surface area contributed by atoms with E-state index in [1.54, 1.807) is 25.1 Å². The van der Waals surface area contributed by atoms with Crippen LogP contribution in [-0.2, 0) is 16.0 Å². The summed E-state index contributed by atoms with van der Waals surface area (Å²) in [5.41, 5.74) is 1.07. The molecule has 1 aromatic heterocycles. The quantitative estimate of drug-likeness (QED) is 0.856. The van der Waals surface area contributed by atoms with Gasteiger partial charge in [0, 0.05) is 16.8 Å². The number of halogens is 1. The maximum atomic E-state index is 12.3. The van der Waals surface area contributed by atoms with Gasteiger partial charge in [-0.25, -0.2) is 9.78 Å². The number of rotatable bonds is 4. The maximum absolute atomic E-state index is 12.3. The highest BCUT2D eigenvalue weighted by molar-refractivity contribution is 7.14. The largest absolute Gasteiger partial charge is 0.480 e. The number of carbonyl (C=O) groups excluding carboxylic acids is 2. The molecule has 0 saturated heterocycles. The highest BCUT2D eigenvalue weighted by Gasteiger charge is 2.30. The normalized spacial score (nSPS) is 15.7. The minimum atomic E-state index is -0.640. The van der Waals surface area contributed by atoms with Crippen molar-refractivity contribution in [2.45, 2.75) is 19.4 Å². The summed E-state index contributed by atoms with van der Waals surface area (Å²) in [5.74, 6) is -0.175. The van der Waals surface area contributed by atoms with Crippen LogP contribution in [0, 0.1) is 0 Å². The molecule has 1 atom stereocenters. The summed E-state index contributed by atoms with van der Waals surface area (Å²) < 4.78 is 10.5. The number of hydrogen-bond acceptors (Lipinski definition) is 6. The third-order valence-electron chi connectivity index (χ3n) is 3.21. The molecule has 0 bridgehead atoms. The van der Waals surface area contributed by atoms with Crippen LogP contribution in [0.15, 0.2) is 23.6 Å². The molecule has 1 unspecified atom stereocenters. The molecule has 2 heterocycles. The molecule has 120 valence electrons. The molecule has 1 N–H and O–H groups in total. The number of fused-ring (bicyclic) bond motifs is 1. The maximum Gasteiger partial charge on any atom is 0.357 e. The van der Waals surface area contributed by atoms with E-state index in [9.17, 15) is 9.59 Å². The highest BCUT2D eigenvalue weighted by Crippen LogP contribution is 2.31. The minimum Gasteiger partial charge on any atom is -0.480 e. The Morgan fingerprint density at radius 3 is 3.13 bits per heavy atom. The summed E-state index contributed by atoms with van der Waals surface area (Å²) in [5, 5.41) is 5.13. The van der Waals surface area contributed by atoms with Gasteiger partial charge in [-0.1, -0.05) is 11.6 Å². The Labute approximate surface area is 141 Å². The molecule has 0 saturated carbocycles. The fraction of sp³-hybridized carbons (Fsp3) is 0.267. The van der Waals surface area contributed by atoms with Gasteiger partial charge in [0.1, 0.15) is 5.75 Å². The molecule has 0 aliphatic carbocycles. The molecule has 0 fully saturated rings.